The summed E-state index contributed by atoms with van der Waals surface area (Å²) in [6.45, 7) is 2.77. The van der Waals surface area contributed by atoms with Crippen LogP contribution in [0.2, 0.25) is 0 Å². The molecule has 0 N–H and O–H groups in total. The van der Waals surface area contributed by atoms with E-state index in [1.165, 1.54) is 26.0 Å². The molecule has 1 fully saturated rings. The molecule has 0 bridgehead atoms. The molecule has 0 radical (unpaired) electrons. The molecule has 1 aromatic carbocycles. The Balaban J connectivity index is 2.18. The van der Waals surface area contributed by atoms with Crippen LogP contribution >= 0.6 is 24.0 Å². The van der Waals surface area contributed by atoms with Crippen LogP contribution in [0.4, 0.5) is 0 Å². The van der Waals surface area contributed by atoms with E-state index in [9.17, 15) is 9.59 Å². The molecule has 142 valence electrons. The zero-order valence-electron chi connectivity index (χ0n) is 14.9. The lowest BCUT2D eigenvalue weighted by molar-refractivity contribution is -0.159. The maximum atomic E-state index is 12.1. The lowest BCUT2D eigenvalue weighted by Crippen LogP contribution is -2.39. The number of morpholine rings is 1. The first kappa shape index (κ1) is 20.7. The fourth-order valence-electron chi connectivity index (χ4n) is 2.65. The fraction of sp³-hybridized carbons (Fsp3) is 0.500. The summed E-state index contributed by atoms with van der Waals surface area (Å²) in [4.78, 5) is 26.2. The van der Waals surface area contributed by atoms with Crippen molar-refractivity contribution in [1.29, 1.82) is 0 Å². The molecule has 1 unspecified atom stereocenters. The van der Waals surface area contributed by atoms with E-state index in [2.05, 4.69) is 4.90 Å². The van der Waals surface area contributed by atoms with Crippen molar-refractivity contribution in [3.05, 3.63) is 35.9 Å². The van der Waals surface area contributed by atoms with Crippen LogP contribution in [0.1, 0.15) is 17.2 Å². The van der Waals surface area contributed by atoms with Crippen LogP contribution in [0.15, 0.2) is 30.3 Å². The molecule has 0 aliphatic carbocycles. The second-order valence-corrected chi connectivity index (χ2v) is 7.55. The third-order valence-electron chi connectivity index (χ3n) is 4.10. The minimum absolute atomic E-state index is 0.172. The van der Waals surface area contributed by atoms with E-state index < -0.39 is 17.9 Å². The Morgan fingerprint density at radius 1 is 1.15 bits per heavy atom. The van der Waals surface area contributed by atoms with Crippen molar-refractivity contribution >= 4 is 40.2 Å². The van der Waals surface area contributed by atoms with E-state index in [1.54, 1.807) is 0 Å². The van der Waals surface area contributed by atoms with Gasteiger partial charge in [-0.25, -0.2) is 0 Å². The number of carbonyl (C=O) groups excluding carboxylic acids is 2. The highest BCUT2D eigenvalue weighted by atomic mass is 32.2. The van der Waals surface area contributed by atoms with Crippen LogP contribution in [-0.4, -0.2) is 61.7 Å². The second-order valence-electron chi connectivity index (χ2n) is 5.72. The number of methoxy groups -OCH3 is 2. The first-order chi connectivity index (χ1) is 12.6. The Bertz CT molecular complexity index is 603. The summed E-state index contributed by atoms with van der Waals surface area (Å²) in [5.74, 6) is -2.19. The average Bonchev–Trinajstić information content (AvgIpc) is 2.71. The normalized spacial score (nSPS) is 15.4. The molecule has 1 saturated heterocycles. The predicted octanol–water partition coefficient (Wildman–Crippen LogP) is 2.43. The van der Waals surface area contributed by atoms with Gasteiger partial charge in [-0.1, -0.05) is 54.3 Å². The third-order valence-corrected chi connectivity index (χ3v) is 5.86. The molecule has 0 aromatic heterocycles. The number of esters is 2. The quantitative estimate of drug-likeness (QED) is 0.412. The van der Waals surface area contributed by atoms with Gasteiger partial charge in [0.2, 0.25) is 0 Å². The number of hydrogen-bond acceptors (Lipinski definition) is 7. The van der Waals surface area contributed by atoms with Gasteiger partial charge in [0, 0.05) is 18.3 Å². The second kappa shape index (κ2) is 10.5. The molecule has 1 aliphatic rings. The van der Waals surface area contributed by atoms with Crippen LogP contribution in [0, 0.1) is 5.92 Å². The van der Waals surface area contributed by atoms with Gasteiger partial charge < -0.3 is 19.1 Å². The minimum atomic E-state index is -0.991. The van der Waals surface area contributed by atoms with Crippen molar-refractivity contribution in [2.45, 2.75) is 11.7 Å². The van der Waals surface area contributed by atoms with Gasteiger partial charge in [0.1, 0.15) is 4.32 Å². The number of benzene rings is 1. The van der Waals surface area contributed by atoms with E-state index in [0.29, 0.717) is 13.2 Å². The zero-order valence-corrected chi connectivity index (χ0v) is 16.5. The van der Waals surface area contributed by atoms with Crippen LogP contribution in [0.3, 0.4) is 0 Å². The van der Waals surface area contributed by atoms with Crippen molar-refractivity contribution in [2.24, 2.45) is 5.92 Å². The number of hydrogen-bond donors (Lipinski definition) is 0. The Labute approximate surface area is 163 Å². The topological polar surface area (TPSA) is 65.1 Å². The maximum Gasteiger partial charge on any atom is 0.320 e. The number of carbonyl (C=O) groups is 2. The van der Waals surface area contributed by atoms with Gasteiger partial charge in [0.15, 0.2) is 5.92 Å². The lowest BCUT2D eigenvalue weighted by atomic mass is 9.99. The highest BCUT2D eigenvalue weighted by molar-refractivity contribution is 8.23. The van der Waals surface area contributed by atoms with E-state index >= 15 is 0 Å². The smallest absolute Gasteiger partial charge is 0.320 e. The average molecular weight is 398 g/mol. The minimum Gasteiger partial charge on any atom is -0.468 e. The molecule has 1 atom stereocenters. The Morgan fingerprint density at radius 2 is 1.73 bits per heavy atom. The molecule has 1 aromatic rings. The fourth-order valence-corrected chi connectivity index (χ4v) is 4.34. The molecule has 0 spiro atoms. The van der Waals surface area contributed by atoms with Gasteiger partial charge >= 0.3 is 11.9 Å². The van der Waals surface area contributed by atoms with Gasteiger partial charge in [-0.3, -0.25) is 9.59 Å². The molecule has 8 heteroatoms. The SMILES string of the molecule is COC(=O)C(CC(SC(=S)N1CCOCC1)c1ccccc1)C(=O)OC. The van der Waals surface area contributed by atoms with Crippen LogP contribution in [-0.2, 0) is 23.8 Å². The van der Waals surface area contributed by atoms with E-state index in [4.69, 9.17) is 26.4 Å². The number of ether oxygens (including phenoxy) is 3. The summed E-state index contributed by atoms with van der Waals surface area (Å²) in [6, 6.07) is 9.69. The summed E-state index contributed by atoms with van der Waals surface area (Å²) in [5, 5.41) is -0.172. The summed E-state index contributed by atoms with van der Waals surface area (Å²) in [5.41, 5.74) is 0.992. The Hall–Kier alpha value is -1.64. The number of thiocarbonyl (C=S) groups is 1. The third kappa shape index (κ3) is 5.69. The number of thioether (sulfide) groups is 1. The van der Waals surface area contributed by atoms with E-state index in [0.717, 1.165) is 23.0 Å². The first-order valence-electron chi connectivity index (χ1n) is 8.30. The molecule has 1 aliphatic heterocycles. The van der Waals surface area contributed by atoms with E-state index in [1.807, 2.05) is 30.3 Å². The van der Waals surface area contributed by atoms with Crippen molar-refractivity contribution in [3.63, 3.8) is 0 Å². The summed E-state index contributed by atoms with van der Waals surface area (Å²) in [6.07, 6.45) is 0.249. The number of rotatable bonds is 6. The van der Waals surface area contributed by atoms with Gasteiger partial charge in [0.05, 0.1) is 27.4 Å². The highest BCUT2D eigenvalue weighted by Gasteiger charge is 2.33. The highest BCUT2D eigenvalue weighted by Crippen LogP contribution is 2.37. The van der Waals surface area contributed by atoms with Crippen molar-refractivity contribution < 1.29 is 23.8 Å². The van der Waals surface area contributed by atoms with Crippen molar-refractivity contribution in [1.82, 2.24) is 4.90 Å². The molecule has 2 rings (SSSR count). The molecule has 6 nitrogen and oxygen atoms in total. The zero-order chi connectivity index (χ0) is 18.9. The maximum absolute atomic E-state index is 12.1. The van der Waals surface area contributed by atoms with E-state index in [-0.39, 0.29) is 11.7 Å². The van der Waals surface area contributed by atoms with Gasteiger partial charge in [-0.05, 0) is 12.0 Å². The summed E-state index contributed by atoms with van der Waals surface area (Å²) < 4.78 is 15.7. The molecule has 0 saturated carbocycles. The summed E-state index contributed by atoms with van der Waals surface area (Å²) >= 11 is 7.07. The van der Waals surface area contributed by atoms with Gasteiger partial charge in [-0.15, -0.1) is 0 Å². The van der Waals surface area contributed by atoms with Crippen molar-refractivity contribution in [3.8, 4) is 0 Å². The molecular weight excluding hydrogens is 374 g/mol. The van der Waals surface area contributed by atoms with Gasteiger partial charge in [0.25, 0.3) is 0 Å². The number of nitrogens with zero attached hydrogens (tertiary/aromatic N) is 1. The Kier molecular flexibility index (Phi) is 8.34. The molecular formula is C18H23NO5S2. The Morgan fingerprint density at radius 3 is 2.27 bits per heavy atom. The van der Waals surface area contributed by atoms with Crippen molar-refractivity contribution in [2.75, 3.05) is 40.5 Å². The monoisotopic (exact) mass is 397 g/mol. The lowest BCUT2D eigenvalue weighted by Gasteiger charge is -2.31. The predicted molar refractivity (Wildman–Crippen MR) is 104 cm³/mol. The molecule has 26 heavy (non-hydrogen) atoms. The van der Waals surface area contributed by atoms with Crippen LogP contribution < -0.4 is 0 Å². The molecule has 1 heterocycles. The molecule has 0 amide bonds. The van der Waals surface area contributed by atoms with Gasteiger partial charge in [-0.2, -0.15) is 0 Å². The largest absolute Gasteiger partial charge is 0.468 e. The first-order valence-corrected chi connectivity index (χ1v) is 9.59. The van der Waals surface area contributed by atoms with Crippen LogP contribution in [0.5, 0.6) is 0 Å². The summed E-state index contributed by atoms with van der Waals surface area (Å²) in [7, 11) is 2.53. The standard InChI is InChI=1S/C18H23NO5S2/c1-22-16(20)14(17(21)23-2)12-15(13-6-4-3-5-7-13)26-18(25)19-8-10-24-11-9-19/h3-7,14-15H,8-12H2,1-2H3. The van der Waals surface area contributed by atoms with Crippen LogP contribution in [0.25, 0.3) is 0 Å².